The highest BCUT2D eigenvalue weighted by Crippen LogP contribution is 2.33. The molecule has 1 N–H and O–H groups in total. The third kappa shape index (κ3) is 5.09. The van der Waals surface area contributed by atoms with Crippen molar-refractivity contribution in [1.82, 2.24) is 5.32 Å². The summed E-state index contributed by atoms with van der Waals surface area (Å²) in [6, 6.07) is 8.40. The minimum Gasteiger partial charge on any atom is -0.491 e. The normalized spacial score (nSPS) is 15.1. The number of benzene rings is 1. The van der Waals surface area contributed by atoms with E-state index in [1.807, 2.05) is 0 Å². The Hall–Kier alpha value is -1.02. The smallest absolute Gasteiger partial charge is 0.119 e. The van der Waals surface area contributed by atoms with Gasteiger partial charge in [-0.05, 0) is 56.8 Å². The summed E-state index contributed by atoms with van der Waals surface area (Å²) < 4.78 is 5.63. The summed E-state index contributed by atoms with van der Waals surface area (Å²) in [5.74, 6) is 2.02. The molecule has 0 amide bonds. The predicted molar refractivity (Wildman–Crippen MR) is 75.9 cm³/mol. The molecule has 2 nitrogen and oxygen atoms in total. The summed E-state index contributed by atoms with van der Waals surface area (Å²) in [6.07, 6.45) is 5.92. The molecule has 0 heterocycles. The van der Waals surface area contributed by atoms with Crippen molar-refractivity contribution >= 4 is 0 Å². The maximum Gasteiger partial charge on any atom is 0.119 e. The Kier molecular flexibility index (Phi) is 5.06. The molecule has 1 fully saturated rings. The first kappa shape index (κ1) is 13.4. The van der Waals surface area contributed by atoms with E-state index in [-0.39, 0.29) is 6.10 Å². The van der Waals surface area contributed by atoms with Crippen molar-refractivity contribution in [3.8, 4) is 5.75 Å². The van der Waals surface area contributed by atoms with E-state index in [4.69, 9.17) is 4.74 Å². The van der Waals surface area contributed by atoms with Gasteiger partial charge in [0.25, 0.3) is 0 Å². The molecule has 1 aliphatic rings. The van der Waals surface area contributed by atoms with Crippen LogP contribution < -0.4 is 10.1 Å². The molecule has 0 spiro atoms. The number of hydrogen-bond acceptors (Lipinski definition) is 2. The Morgan fingerprint density at radius 2 is 1.94 bits per heavy atom. The molecule has 0 atom stereocenters. The molecule has 2 rings (SSSR count). The van der Waals surface area contributed by atoms with E-state index in [0.717, 1.165) is 24.8 Å². The van der Waals surface area contributed by atoms with Gasteiger partial charge >= 0.3 is 0 Å². The summed E-state index contributed by atoms with van der Waals surface area (Å²) in [5, 5.41) is 3.50. The second-order valence-corrected chi connectivity index (χ2v) is 5.57. The second-order valence-electron chi connectivity index (χ2n) is 5.57. The van der Waals surface area contributed by atoms with Gasteiger partial charge in [0.15, 0.2) is 0 Å². The van der Waals surface area contributed by atoms with Crippen LogP contribution in [0.1, 0.15) is 45.1 Å². The third-order valence-electron chi connectivity index (χ3n) is 3.29. The highest BCUT2D eigenvalue weighted by molar-refractivity contribution is 5.27. The van der Waals surface area contributed by atoms with Gasteiger partial charge in [0.2, 0.25) is 0 Å². The Bertz CT molecular complexity index is 341. The number of ether oxygens (including phenoxy) is 1. The highest BCUT2D eigenvalue weighted by atomic mass is 16.5. The van der Waals surface area contributed by atoms with Gasteiger partial charge in [0.1, 0.15) is 5.75 Å². The van der Waals surface area contributed by atoms with Crippen molar-refractivity contribution < 1.29 is 4.74 Å². The van der Waals surface area contributed by atoms with Gasteiger partial charge in [-0.15, -0.1) is 0 Å². The first-order valence-electron chi connectivity index (χ1n) is 7.20. The monoisotopic (exact) mass is 247 g/mol. The Balaban J connectivity index is 1.62. The number of rotatable bonds is 8. The van der Waals surface area contributed by atoms with Crippen LogP contribution in [-0.2, 0) is 6.54 Å². The lowest BCUT2D eigenvalue weighted by atomic mass is 10.2. The van der Waals surface area contributed by atoms with Crippen LogP contribution in [0, 0.1) is 5.92 Å². The molecular weight excluding hydrogens is 222 g/mol. The average Bonchev–Trinajstić information content (AvgIpc) is 3.14. The van der Waals surface area contributed by atoms with Crippen molar-refractivity contribution in [3.05, 3.63) is 29.8 Å². The molecule has 0 bridgehead atoms. The van der Waals surface area contributed by atoms with E-state index in [2.05, 4.69) is 43.4 Å². The molecule has 0 saturated heterocycles. The first-order valence-corrected chi connectivity index (χ1v) is 7.20. The fourth-order valence-corrected chi connectivity index (χ4v) is 2.11. The molecule has 1 aromatic rings. The van der Waals surface area contributed by atoms with Gasteiger partial charge in [0.05, 0.1) is 6.10 Å². The molecule has 1 aromatic carbocycles. The van der Waals surface area contributed by atoms with Crippen molar-refractivity contribution in [2.75, 3.05) is 6.54 Å². The molecule has 0 aliphatic heterocycles. The Morgan fingerprint density at radius 1 is 1.22 bits per heavy atom. The fraction of sp³-hybridized carbons (Fsp3) is 0.625. The van der Waals surface area contributed by atoms with Crippen molar-refractivity contribution in [2.24, 2.45) is 5.92 Å². The van der Waals surface area contributed by atoms with E-state index >= 15 is 0 Å². The highest BCUT2D eigenvalue weighted by Gasteiger charge is 2.19. The molecule has 18 heavy (non-hydrogen) atoms. The van der Waals surface area contributed by atoms with Crippen LogP contribution in [0.15, 0.2) is 24.3 Å². The van der Waals surface area contributed by atoms with E-state index in [1.54, 1.807) is 0 Å². The van der Waals surface area contributed by atoms with Crippen molar-refractivity contribution in [2.45, 2.75) is 52.2 Å². The summed E-state index contributed by atoms with van der Waals surface area (Å²) in [4.78, 5) is 0. The Labute approximate surface area is 111 Å². The van der Waals surface area contributed by atoms with Gasteiger partial charge in [-0.25, -0.2) is 0 Å². The zero-order valence-corrected chi connectivity index (χ0v) is 11.6. The zero-order valence-electron chi connectivity index (χ0n) is 11.6. The van der Waals surface area contributed by atoms with E-state index in [1.165, 1.54) is 31.2 Å². The lowest BCUT2D eigenvalue weighted by Gasteiger charge is -2.10. The largest absolute Gasteiger partial charge is 0.491 e. The van der Waals surface area contributed by atoms with Crippen LogP contribution in [0.4, 0.5) is 0 Å². The van der Waals surface area contributed by atoms with Gasteiger partial charge in [-0.1, -0.05) is 25.0 Å². The SMILES string of the molecule is CC(C)Oc1ccc(CNCCCC2CC2)cc1. The molecule has 0 unspecified atom stereocenters. The van der Waals surface area contributed by atoms with Gasteiger partial charge in [0, 0.05) is 6.54 Å². The van der Waals surface area contributed by atoms with E-state index < -0.39 is 0 Å². The maximum absolute atomic E-state index is 5.63. The summed E-state index contributed by atoms with van der Waals surface area (Å²) in [7, 11) is 0. The van der Waals surface area contributed by atoms with Crippen LogP contribution in [0.5, 0.6) is 5.75 Å². The number of hydrogen-bond donors (Lipinski definition) is 1. The lowest BCUT2D eigenvalue weighted by molar-refractivity contribution is 0.242. The fourth-order valence-electron chi connectivity index (χ4n) is 2.11. The van der Waals surface area contributed by atoms with E-state index in [0.29, 0.717) is 0 Å². The van der Waals surface area contributed by atoms with Gasteiger partial charge < -0.3 is 10.1 Å². The topological polar surface area (TPSA) is 21.3 Å². The predicted octanol–water partition coefficient (Wildman–Crippen LogP) is 3.75. The van der Waals surface area contributed by atoms with Crippen LogP contribution >= 0.6 is 0 Å². The Morgan fingerprint density at radius 3 is 2.56 bits per heavy atom. The molecule has 0 aromatic heterocycles. The number of nitrogens with one attached hydrogen (secondary N) is 1. The third-order valence-corrected chi connectivity index (χ3v) is 3.29. The molecule has 0 radical (unpaired) electrons. The van der Waals surface area contributed by atoms with Crippen LogP contribution in [0.3, 0.4) is 0 Å². The minimum atomic E-state index is 0.247. The second kappa shape index (κ2) is 6.79. The standard InChI is InChI=1S/C16H25NO/c1-13(2)18-16-9-7-15(8-10-16)12-17-11-3-4-14-5-6-14/h7-10,13-14,17H,3-6,11-12H2,1-2H3. The molecular formula is C16H25NO. The molecule has 2 heteroatoms. The molecule has 1 saturated carbocycles. The molecule has 1 aliphatic carbocycles. The van der Waals surface area contributed by atoms with Crippen LogP contribution in [0.2, 0.25) is 0 Å². The van der Waals surface area contributed by atoms with Crippen LogP contribution in [0.25, 0.3) is 0 Å². The molecule has 100 valence electrons. The quantitative estimate of drug-likeness (QED) is 0.706. The summed E-state index contributed by atoms with van der Waals surface area (Å²) >= 11 is 0. The lowest BCUT2D eigenvalue weighted by Crippen LogP contribution is -2.14. The summed E-state index contributed by atoms with van der Waals surface area (Å²) in [6.45, 7) is 6.21. The van der Waals surface area contributed by atoms with Gasteiger partial charge in [-0.3, -0.25) is 0 Å². The average molecular weight is 247 g/mol. The zero-order chi connectivity index (χ0) is 12.8. The maximum atomic E-state index is 5.63. The summed E-state index contributed by atoms with van der Waals surface area (Å²) in [5.41, 5.74) is 1.33. The van der Waals surface area contributed by atoms with Crippen molar-refractivity contribution in [1.29, 1.82) is 0 Å². The van der Waals surface area contributed by atoms with Crippen LogP contribution in [-0.4, -0.2) is 12.6 Å². The minimum absolute atomic E-state index is 0.247. The van der Waals surface area contributed by atoms with Gasteiger partial charge in [-0.2, -0.15) is 0 Å². The van der Waals surface area contributed by atoms with E-state index in [9.17, 15) is 0 Å². The van der Waals surface area contributed by atoms with Crippen molar-refractivity contribution in [3.63, 3.8) is 0 Å². The first-order chi connectivity index (χ1) is 8.74.